The third-order valence-electron chi connectivity index (χ3n) is 6.12. The van der Waals surface area contributed by atoms with E-state index < -0.39 is 33.2 Å². The molecule has 0 radical (unpaired) electrons. The minimum atomic E-state index is -4.16. The van der Waals surface area contributed by atoms with Crippen molar-refractivity contribution >= 4 is 27.6 Å². The van der Waals surface area contributed by atoms with E-state index in [1.807, 2.05) is 6.07 Å². The summed E-state index contributed by atoms with van der Waals surface area (Å²) in [7, 11) is -4.16. The van der Waals surface area contributed by atoms with Crippen molar-refractivity contribution in [2.75, 3.05) is 11.3 Å². The number of hydrogen-bond donors (Lipinski definition) is 1. The normalized spacial score (nSPS) is 16.5. The summed E-state index contributed by atoms with van der Waals surface area (Å²) in [5, 5.41) is 7.53. The third kappa shape index (κ3) is 5.56. The lowest BCUT2D eigenvalue weighted by Gasteiger charge is -2.26. The van der Waals surface area contributed by atoms with Gasteiger partial charge in [0, 0.05) is 24.8 Å². The Kier molecular flexibility index (Phi) is 7.47. The molecule has 39 heavy (non-hydrogen) atoms. The van der Waals surface area contributed by atoms with Crippen LogP contribution in [0.4, 0.5) is 10.3 Å². The van der Waals surface area contributed by atoms with E-state index in [4.69, 9.17) is 21.1 Å². The number of halogens is 2. The van der Waals surface area contributed by atoms with E-state index in [0.717, 1.165) is 5.56 Å². The van der Waals surface area contributed by atoms with Gasteiger partial charge in [0.15, 0.2) is 11.6 Å². The molecule has 0 bridgehead atoms. The molecule has 0 unspecified atom stereocenters. The quantitative estimate of drug-likeness (QED) is 0.329. The van der Waals surface area contributed by atoms with Crippen LogP contribution in [0.15, 0.2) is 55.1 Å². The number of nitrogens with zero attached hydrogens (tertiary/aromatic N) is 6. The number of anilines is 1. The second-order valence-corrected chi connectivity index (χ2v) is 11.7. The Morgan fingerprint density at radius 2 is 1.92 bits per heavy atom. The van der Waals surface area contributed by atoms with E-state index in [-0.39, 0.29) is 30.3 Å². The molecule has 0 amide bonds. The number of fused-ring (bicyclic) bond motifs is 3. The van der Waals surface area contributed by atoms with Gasteiger partial charge in [-0.1, -0.05) is 17.7 Å². The van der Waals surface area contributed by atoms with Gasteiger partial charge in [-0.15, -0.1) is 10.2 Å². The van der Waals surface area contributed by atoms with E-state index in [1.165, 1.54) is 37.5 Å². The Hall–Kier alpha value is -3.68. The predicted octanol–water partition coefficient (Wildman–Crippen LogP) is 4.20. The van der Waals surface area contributed by atoms with Gasteiger partial charge in [-0.05, 0) is 50.6 Å². The summed E-state index contributed by atoms with van der Waals surface area (Å²) in [5.74, 6) is 0.213. The lowest BCUT2D eigenvalue weighted by atomic mass is 10.1. The summed E-state index contributed by atoms with van der Waals surface area (Å²) >= 11 is 5.92. The van der Waals surface area contributed by atoms with E-state index in [0.29, 0.717) is 16.3 Å². The number of ether oxygens (including phenoxy) is 2. The first-order chi connectivity index (χ1) is 18.6. The van der Waals surface area contributed by atoms with Gasteiger partial charge in [0.2, 0.25) is 16.0 Å². The van der Waals surface area contributed by atoms with Gasteiger partial charge in [0.05, 0.1) is 22.7 Å². The van der Waals surface area contributed by atoms with Gasteiger partial charge in [0.1, 0.15) is 29.5 Å². The zero-order valence-corrected chi connectivity index (χ0v) is 22.8. The highest BCUT2D eigenvalue weighted by Crippen LogP contribution is 2.39. The summed E-state index contributed by atoms with van der Waals surface area (Å²) in [5.41, 5.74) is 1.05. The molecule has 11 nitrogen and oxygen atoms in total. The number of hydrogen-bond acceptors (Lipinski definition) is 9. The summed E-state index contributed by atoms with van der Waals surface area (Å²) < 4.78 is 57.7. The highest BCUT2D eigenvalue weighted by atomic mass is 35.5. The standard InChI is InChI=1S/C25H25ClFN7O4S/c1-14(2)38-22(23-29-11-17(26)12-30-23)15(3)39(35,36)33-25-32-31-24-19-9-18(27)6-7-21(19)37-13-20(34(24)25)16-5-4-8-28-10-16/h4-12,14-15,20,22H,13H2,1-3H3,(H,32,33)/t15-,20+,22+/m0/s1. The molecule has 5 rings (SSSR count). The molecule has 4 heterocycles. The Bertz CT molecular complexity index is 1570. The first-order valence-corrected chi connectivity index (χ1v) is 14.0. The maximum absolute atomic E-state index is 14.2. The second-order valence-electron chi connectivity index (χ2n) is 9.19. The van der Waals surface area contributed by atoms with Crippen LogP contribution in [0, 0.1) is 5.82 Å². The number of sulfonamides is 1. The average molecular weight is 574 g/mol. The van der Waals surface area contributed by atoms with Gasteiger partial charge in [-0.2, -0.15) is 0 Å². The lowest BCUT2D eigenvalue weighted by molar-refractivity contribution is 0.00154. The van der Waals surface area contributed by atoms with Crippen LogP contribution in [0.3, 0.4) is 0 Å². The average Bonchev–Trinajstić information content (AvgIpc) is 3.23. The van der Waals surface area contributed by atoms with Crippen molar-refractivity contribution in [2.24, 2.45) is 0 Å². The molecule has 3 atom stereocenters. The van der Waals surface area contributed by atoms with E-state index in [9.17, 15) is 12.8 Å². The number of pyridine rings is 1. The topological polar surface area (TPSA) is 134 Å². The van der Waals surface area contributed by atoms with Crippen LogP contribution in [-0.4, -0.2) is 56.1 Å². The fourth-order valence-corrected chi connectivity index (χ4v) is 5.42. The summed E-state index contributed by atoms with van der Waals surface area (Å²) in [4.78, 5) is 12.5. The van der Waals surface area contributed by atoms with E-state index in [2.05, 4.69) is 29.9 Å². The van der Waals surface area contributed by atoms with Crippen LogP contribution in [0.1, 0.15) is 44.3 Å². The molecule has 0 saturated carbocycles. The highest BCUT2D eigenvalue weighted by molar-refractivity contribution is 7.93. The molecule has 1 aromatic carbocycles. The molecule has 1 aliphatic heterocycles. The van der Waals surface area contributed by atoms with Crippen molar-refractivity contribution in [3.8, 4) is 17.1 Å². The molecule has 0 aliphatic carbocycles. The Morgan fingerprint density at radius 1 is 1.15 bits per heavy atom. The van der Waals surface area contributed by atoms with E-state index >= 15 is 0 Å². The molecule has 1 N–H and O–H groups in total. The van der Waals surface area contributed by atoms with Crippen LogP contribution >= 0.6 is 11.6 Å². The lowest BCUT2D eigenvalue weighted by Crippen LogP contribution is -2.35. The van der Waals surface area contributed by atoms with Gasteiger partial charge in [-0.25, -0.2) is 22.8 Å². The largest absolute Gasteiger partial charge is 0.490 e. The first kappa shape index (κ1) is 26.9. The third-order valence-corrected chi connectivity index (χ3v) is 8.01. The van der Waals surface area contributed by atoms with Gasteiger partial charge < -0.3 is 9.47 Å². The maximum Gasteiger partial charge on any atom is 0.240 e. The molecular formula is C25H25ClFN7O4S. The molecule has 1 aliphatic rings. The smallest absolute Gasteiger partial charge is 0.240 e. The van der Waals surface area contributed by atoms with Crippen LogP contribution in [0.5, 0.6) is 5.75 Å². The highest BCUT2D eigenvalue weighted by Gasteiger charge is 2.37. The van der Waals surface area contributed by atoms with Crippen molar-refractivity contribution in [1.29, 1.82) is 0 Å². The van der Waals surface area contributed by atoms with Crippen molar-refractivity contribution in [2.45, 2.75) is 44.3 Å². The molecular weight excluding hydrogens is 549 g/mol. The number of benzene rings is 1. The molecule has 3 aromatic heterocycles. The Labute approximate surface area is 229 Å². The summed E-state index contributed by atoms with van der Waals surface area (Å²) in [6.45, 7) is 5.14. The molecule has 204 valence electrons. The molecule has 0 spiro atoms. The first-order valence-electron chi connectivity index (χ1n) is 12.1. The molecule has 0 fully saturated rings. The zero-order valence-electron chi connectivity index (χ0n) is 21.2. The van der Waals surface area contributed by atoms with Crippen molar-refractivity contribution in [3.05, 3.63) is 77.3 Å². The minimum absolute atomic E-state index is 0.0771. The van der Waals surface area contributed by atoms with Crippen molar-refractivity contribution < 1.29 is 22.3 Å². The maximum atomic E-state index is 14.2. The number of nitrogens with one attached hydrogen (secondary N) is 1. The summed E-state index contributed by atoms with van der Waals surface area (Å²) in [6.07, 6.45) is 4.67. The minimum Gasteiger partial charge on any atom is -0.490 e. The van der Waals surface area contributed by atoms with Crippen LogP contribution in [-0.2, 0) is 14.8 Å². The molecule has 4 aromatic rings. The summed E-state index contributed by atoms with van der Waals surface area (Å²) in [6, 6.07) is 7.06. The van der Waals surface area contributed by atoms with Crippen LogP contribution < -0.4 is 9.46 Å². The predicted molar refractivity (Wildman–Crippen MR) is 141 cm³/mol. The van der Waals surface area contributed by atoms with Crippen LogP contribution in [0.2, 0.25) is 5.02 Å². The SMILES string of the molecule is CC(C)O[C@@H](c1ncc(Cl)cn1)[C@H](C)S(=O)(=O)Nc1nnc2n1[C@@H](c1cccnc1)COc1ccc(F)cc1-2. The number of aromatic nitrogens is 6. The van der Waals surface area contributed by atoms with Gasteiger partial charge >= 0.3 is 0 Å². The zero-order chi connectivity index (χ0) is 27.7. The fourth-order valence-electron chi connectivity index (χ4n) is 4.23. The van der Waals surface area contributed by atoms with Crippen LogP contribution in [0.25, 0.3) is 11.4 Å². The van der Waals surface area contributed by atoms with Gasteiger partial charge in [-0.3, -0.25) is 14.3 Å². The number of rotatable bonds is 8. The van der Waals surface area contributed by atoms with Gasteiger partial charge in [0.25, 0.3) is 0 Å². The Balaban J connectivity index is 1.56. The molecule has 14 heteroatoms. The van der Waals surface area contributed by atoms with Crippen molar-refractivity contribution in [3.63, 3.8) is 0 Å². The monoisotopic (exact) mass is 573 g/mol. The van der Waals surface area contributed by atoms with E-state index in [1.54, 1.807) is 36.9 Å². The van der Waals surface area contributed by atoms with Crippen molar-refractivity contribution in [1.82, 2.24) is 29.7 Å². The fraction of sp³-hybridized carbons (Fsp3) is 0.320. The molecule has 0 saturated heterocycles. The Morgan fingerprint density at radius 3 is 2.62 bits per heavy atom. The second kappa shape index (κ2) is 10.8.